The summed E-state index contributed by atoms with van der Waals surface area (Å²) in [6, 6.07) is 7.84. The first-order chi connectivity index (χ1) is 12.6. The predicted octanol–water partition coefficient (Wildman–Crippen LogP) is 0.490. The summed E-state index contributed by atoms with van der Waals surface area (Å²) in [6.45, 7) is 1.62. The number of fused-ring (bicyclic) bond motifs is 1. The van der Waals surface area contributed by atoms with Gasteiger partial charge in [-0.1, -0.05) is 17.7 Å². The van der Waals surface area contributed by atoms with Gasteiger partial charge in [0.1, 0.15) is 24.6 Å². The van der Waals surface area contributed by atoms with E-state index in [0.717, 1.165) is 11.3 Å². The van der Waals surface area contributed by atoms with E-state index >= 15 is 0 Å². The predicted molar refractivity (Wildman–Crippen MR) is 92.8 cm³/mol. The molecule has 136 valence electrons. The molecule has 1 aromatic carbocycles. The molecule has 9 heteroatoms. The summed E-state index contributed by atoms with van der Waals surface area (Å²) in [5.74, 6) is 0.518. The third-order valence-corrected chi connectivity index (χ3v) is 4.46. The number of nitrogens with one attached hydrogen (secondary N) is 1. The van der Waals surface area contributed by atoms with Crippen LogP contribution >= 0.6 is 0 Å². The zero-order valence-corrected chi connectivity index (χ0v) is 14.0. The normalized spacial score (nSPS) is 25.7. The number of benzene rings is 1. The Balaban J connectivity index is 1.68. The lowest BCUT2D eigenvalue weighted by Gasteiger charge is -2.16. The fourth-order valence-electron chi connectivity index (χ4n) is 3.01. The minimum atomic E-state index is -1.20. The van der Waals surface area contributed by atoms with Gasteiger partial charge in [0.2, 0.25) is 0 Å². The maximum Gasteiger partial charge on any atom is 0.167 e. The van der Waals surface area contributed by atoms with Gasteiger partial charge in [0.15, 0.2) is 23.2 Å². The summed E-state index contributed by atoms with van der Waals surface area (Å²) < 4.78 is 7.08. The van der Waals surface area contributed by atoms with Crippen molar-refractivity contribution in [3.63, 3.8) is 0 Å². The summed E-state index contributed by atoms with van der Waals surface area (Å²) in [4.78, 5) is 12.8. The maximum absolute atomic E-state index is 10.2. The Bertz CT molecular complexity index is 913. The second-order valence-electron chi connectivity index (χ2n) is 6.27. The molecule has 0 spiro atoms. The van der Waals surface area contributed by atoms with Gasteiger partial charge in [-0.05, 0) is 19.1 Å². The van der Waals surface area contributed by atoms with Crippen molar-refractivity contribution in [3.05, 3.63) is 42.5 Å². The van der Waals surface area contributed by atoms with Crippen LogP contribution in [0.15, 0.2) is 36.9 Å². The first-order valence-corrected chi connectivity index (χ1v) is 8.22. The van der Waals surface area contributed by atoms with Crippen molar-refractivity contribution in [1.82, 2.24) is 19.5 Å². The maximum atomic E-state index is 10.2. The molecule has 1 aliphatic rings. The van der Waals surface area contributed by atoms with Gasteiger partial charge in [-0.15, -0.1) is 0 Å². The number of aliphatic hydroxyl groups is 3. The van der Waals surface area contributed by atoms with E-state index in [9.17, 15) is 15.3 Å². The average Bonchev–Trinajstić information content (AvgIpc) is 3.19. The lowest BCUT2D eigenvalue weighted by Crippen LogP contribution is -2.33. The number of aryl methyl sites for hydroxylation is 1. The Morgan fingerprint density at radius 1 is 1.12 bits per heavy atom. The van der Waals surface area contributed by atoms with Crippen LogP contribution in [0.1, 0.15) is 11.8 Å². The Morgan fingerprint density at radius 3 is 2.58 bits per heavy atom. The molecule has 4 rings (SSSR count). The molecular formula is C17H19N5O4. The summed E-state index contributed by atoms with van der Waals surface area (Å²) in [6.07, 6.45) is -1.28. The largest absolute Gasteiger partial charge is 0.394 e. The smallest absolute Gasteiger partial charge is 0.167 e. The quantitative estimate of drug-likeness (QED) is 0.532. The molecule has 9 nitrogen and oxygen atoms in total. The van der Waals surface area contributed by atoms with Crippen LogP contribution in [0.5, 0.6) is 0 Å². The van der Waals surface area contributed by atoms with E-state index in [2.05, 4.69) is 20.3 Å². The van der Waals surface area contributed by atoms with Crippen molar-refractivity contribution in [2.45, 2.75) is 31.5 Å². The molecular weight excluding hydrogens is 338 g/mol. The number of imidazole rings is 1. The second kappa shape index (κ2) is 6.61. The van der Waals surface area contributed by atoms with Crippen molar-refractivity contribution < 1.29 is 20.1 Å². The third kappa shape index (κ3) is 2.80. The van der Waals surface area contributed by atoms with Crippen LogP contribution in [0, 0.1) is 6.92 Å². The number of ether oxygens (including phenoxy) is 1. The van der Waals surface area contributed by atoms with Crippen LogP contribution < -0.4 is 5.32 Å². The van der Waals surface area contributed by atoms with Crippen molar-refractivity contribution in [2.24, 2.45) is 0 Å². The monoisotopic (exact) mass is 357 g/mol. The number of nitrogens with zero attached hydrogens (tertiary/aromatic N) is 4. The molecule has 0 amide bonds. The number of anilines is 2. The Labute approximate surface area is 148 Å². The topological polar surface area (TPSA) is 126 Å². The highest BCUT2D eigenvalue weighted by atomic mass is 16.6. The van der Waals surface area contributed by atoms with Gasteiger partial charge in [0.05, 0.1) is 12.9 Å². The Kier molecular flexibility index (Phi) is 4.29. The summed E-state index contributed by atoms with van der Waals surface area (Å²) in [5, 5.41) is 32.6. The minimum absolute atomic E-state index is 0.392. The van der Waals surface area contributed by atoms with Crippen LogP contribution in [0.2, 0.25) is 0 Å². The number of hydrogen-bond donors (Lipinski definition) is 4. The standard InChI is InChI=1S/C17H19N5O4/c1-9-2-4-10(5-3-9)21-15-12-16(19-7-18-15)22(8-20-12)17-14(25)13(24)11(6-23)26-17/h2-5,7-8,11,13-14,17,23-25H,6H2,1H3,(H,18,19,21)/t11-,13?,14?,17-/m1/s1. The number of aliphatic hydroxyl groups excluding tert-OH is 3. The van der Waals surface area contributed by atoms with Crippen LogP contribution in [-0.4, -0.2) is 59.8 Å². The zero-order chi connectivity index (χ0) is 18.3. The third-order valence-electron chi connectivity index (χ3n) is 4.46. The van der Waals surface area contributed by atoms with Gasteiger partial charge in [-0.25, -0.2) is 15.0 Å². The van der Waals surface area contributed by atoms with Gasteiger partial charge < -0.3 is 25.4 Å². The fourth-order valence-corrected chi connectivity index (χ4v) is 3.01. The van der Waals surface area contributed by atoms with Gasteiger partial charge in [0, 0.05) is 5.69 Å². The molecule has 0 radical (unpaired) electrons. The molecule has 1 aliphatic heterocycles. The molecule has 1 fully saturated rings. The Hall–Kier alpha value is -2.59. The molecule has 1 saturated heterocycles. The molecule has 26 heavy (non-hydrogen) atoms. The molecule has 4 N–H and O–H groups in total. The van der Waals surface area contributed by atoms with E-state index in [4.69, 9.17) is 4.74 Å². The van der Waals surface area contributed by atoms with E-state index < -0.39 is 31.1 Å². The number of hydrogen-bond acceptors (Lipinski definition) is 8. The zero-order valence-electron chi connectivity index (χ0n) is 14.0. The first kappa shape index (κ1) is 16.9. The number of rotatable bonds is 4. The van der Waals surface area contributed by atoms with E-state index in [1.807, 2.05) is 31.2 Å². The van der Waals surface area contributed by atoms with E-state index in [0.29, 0.717) is 17.0 Å². The molecule has 0 saturated carbocycles. The highest BCUT2D eigenvalue weighted by molar-refractivity contribution is 5.85. The SMILES string of the molecule is Cc1ccc(Nc2ncnc3c2ncn3[C@@H]2O[C@H](CO)C(O)C2O)cc1. The summed E-state index contributed by atoms with van der Waals surface area (Å²) in [5.41, 5.74) is 2.96. The lowest BCUT2D eigenvalue weighted by molar-refractivity contribution is -0.0511. The van der Waals surface area contributed by atoms with Crippen molar-refractivity contribution in [1.29, 1.82) is 0 Å². The van der Waals surface area contributed by atoms with Crippen LogP contribution in [-0.2, 0) is 4.74 Å². The summed E-state index contributed by atoms with van der Waals surface area (Å²) >= 11 is 0. The fraction of sp³-hybridized carbons (Fsp3) is 0.353. The van der Waals surface area contributed by atoms with Gasteiger partial charge in [-0.3, -0.25) is 4.57 Å². The van der Waals surface area contributed by atoms with Gasteiger partial charge in [-0.2, -0.15) is 0 Å². The molecule has 0 bridgehead atoms. The van der Waals surface area contributed by atoms with Crippen LogP contribution in [0.4, 0.5) is 11.5 Å². The molecule has 3 aromatic rings. The Morgan fingerprint density at radius 2 is 1.88 bits per heavy atom. The lowest BCUT2D eigenvalue weighted by atomic mass is 10.1. The highest BCUT2D eigenvalue weighted by Gasteiger charge is 2.44. The van der Waals surface area contributed by atoms with E-state index in [1.54, 1.807) is 0 Å². The minimum Gasteiger partial charge on any atom is -0.394 e. The molecule has 4 atom stereocenters. The van der Waals surface area contributed by atoms with Crippen molar-refractivity contribution in [3.8, 4) is 0 Å². The van der Waals surface area contributed by atoms with Crippen LogP contribution in [0.3, 0.4) is 0 Å². The highest BCUT2D eigenvalue weighted by Crippen LogP contribution is 2.32. The first-order valence-electron chi connectivity index (χ1n) is 8.22. The second-order valence-corrected chi connectivity index (χ2v) is 6.27. The van der Waals surface area contributed by atoms with E-state index in [-0.39, 0.29) is 0 Å². The van der Waals surface area contributed by atoms with Crippen molar-refractivity contribution in [2.75, 3.05) is 11.9 Å². The van der Waals surface area contributed by atoms with Crippen LogP contribution in [0.25, 0.3) is 11.2 Å². The van der Waals surface area contributed by atoms with Gasteiger partial charge >= 0.3 is 0 Å². The number of aromatic nitrogens is 4. The molecule has 3 heterocycles. The van der Waals surface area contributed by atoms with Gasteiger partial charge in [0.25, 0.3) is 0 Å². The van der Waals surface area contributed by atoms with Crippen molar-refractivity contribution >= 4 is 22.7 Å². The summed E-state index contributed by atoms with van der Waals surface area (Å²) in [7, 11) is 0. The molecule has 0 aliphatic carbocycles. The molecule has 2 aromatic heterocycles. The average molecular weight is 357 g/mol. The van der Waals surface area contributed by atoms with E-state index in [1.165, 1.54) is 17.2 Å². The molecule has 2 unspecified atom stereocenters.